The third-order valence-electron chi connectivity index (χ3n) is 3.21. The van der Waals surface area contributed by atoms with Crippen molar-refractivity contribution in [2.75, 3.05) is 0 Å². The molecule has 2 nitrogen and oxygen atoms in total. The molecule has 1 atom stereocenters. The van der Waals surface area contributed by atoms with Gasteiger partial charge in [-0.05, 0) is 23.8 Å². The molecule has 19 heavy (non-hydrogen) atoms. The van der Waals surface area contributed by atoms with Crippen LogP contribution in [-0.2, 0) is 6.42 Å². The predicted octanol–water partition coefficient (Wildman–Crippen LogP) is 4.36. The fourth-order valence-corrected chi connectivity index (χ4v) is 2.34. The van der Waals surface area contributed by atoms with Crippen LogP contribution in [0.2, 0.25) is 5.02 Å². The molecule has 3 heteroatoms. The summed E-state index contributed by atoms with van der Waals surface area (Å²) in [5.41, 5.74) is 2.67. The van der Waals surface area contributed by atoms with Gasteiger partial charge in [0.2, 0.25) is 0 Å². The molecule has 1 N–H and O–H groups in total. The minimum absolute atomic E-state index is 0.542. The number of para-hydroxylation sites is 1. The van der Waals surface area contributed by atoms with Crippen molar-refractivity contribution in [2.24, 2.45) is 0 Å². The minimum Gasteiger partial charge on any atom is -0.464 e. The van der Waals surface area contributed by atoms with Crippen LogP contribution < -0.4 is 0 Å². The zero-order chi connectivity index (χ0) is 13.2. The Kier molecular flexibility index (Phi) is 3.28. The maximum Gasteiger partial charge on any atom is 0.134 e. The average Bonchev–Trinajstić information content (AvgIpc) is 2.85. The summed E-state index contributed by atoms with van der Waals surface area (Å²) in [6.07, 6.45) is 1.59. The molecule has 96 valence electrons. The maximum absolute atomic E-state index is 10.3. The van der Waals surface area contributed by atoms with E-state index in [-0.39, 0.29) is 0 Å². The van der Waals surface area contributed by atoms with E-state index in [1.54, 1.807) is 6.26 Å². The number of benzene rings is 2. The maximum atomic E-state index is 10.3. The molecule has 0 aliphatic rings. The van der Waals surface area contributed by atoms with Gasteiger partial charge in [-0.2, -0.15) is 0 Å². The van der Waals surface area contributed by atoms with E-state index in [2.05, 4.69) is 0 Å². The first kappa shape index (κ1) is 12.3. The summed E-state index contributed by atoms with van der Waals surface area (Å²) >= 11 is 5.85. The molecule has 0 bridgehead atoms. The highest BCUT2D eigenvalue weighted by molar-refractivity contribution is 6.30. The van der Waals surface area contributed by atoms with Gasteiger partial charge in [0.15, 0.2) is 0 Å². The number of aliphatic hydroxyl groups excluding tert-OH is 1. The number of hydrogen-bond acceptors (Lipinski definition) is 2. The van der Waals surface area contributed by atoms with Crippen LogP contribution in [0.1, 0.15) is 17.2 Å². The summed E-state index contributed by atoms with van der Waals surface area (Å²) < 4.78 is 5.45. The smallest absolute Gasteiger partial charge is 0.134 e. The van der Waals surface area contributed by atoms with Gasteiger partial charge in [0.05, 0.1) is 12.4 Å². The lowest BCUT2D eigenvalue weighted by atomic mass is 10.0. The molecule has 1 aromatic heterocycles. The Morgan fingerprint density at radius 1 is 1.05 bits per heavy atom. The van der Waals surface area contributed by atoms with Gasteiger partial charge in [0.25, 0.3) is 0 Å². The molecule has 0 fully saturated rings. The minimum atomic E-state index is -0.579. The molecule has 3 rings (SSSR count). The largest absolute Gasteiger partial charge is 0.464 e. The standard InChI is InChI=1S/C16H13ClO2/c17-12-7-5-11(6-8-12)9-15(18)14-10-19-16-4-2-1-3-13(14)16/h1-8,10,15,18H,9H2. The van der Waals surface area contributed by atoms with E-state index < -0.39 is 6.10 Å². The van der Waals surface area contributed by atoms with Crippen LogP contribution in [-0.4, -0.2) is 5.11 Å². The summed E-state index contributed by atoms with van der Waals surface area (Å²) in [6.45, 7) is 0. The van der Waals surface area contributed by atoms with Crippen molar-refractivity contribution in [3.05, 3.63) is 70.9 Å². The zero-order valence-corrected chi connectivity index (χ0v) is 11.0. The number of aliphatic hydroxyl groups is 1. The Bertz CT molecular complexity index is 685. The quantitative estimate of drug-likeness (QED) is 0.768. The van der Waals surface area contributed by atoms with Crippen molar-refractivity contribution in [3.63, 3.8) is 0 Å². The third kappa shape index (κ3) is 2.50. The molecule has 0 radical (unpaired) electrons. The monoisotopic (exact) mass is 272 g/mol. The van der Waals surface area contributed by atoms with Crippen LogP contribution in [0.3, 0.4) is 0 Å². The summed E-state index contributed by atoms with van der Waals surface area (Å²) in [5.74, 6) is 0. The molecule has 0 aliphatic heterocycles. The van der Waals surface area contributed by atoms with Crippen molar-refractivity contribution >= 4 is 22.6 Å². The number of hydrogen-bond donors (Lipinski definition) is 1. The van der Waals surface area contributed by atoms with Gasteiger partial charge in [-0.3, -0.25) is 0 Å². The van der Waals surface area contributed by atoms with Crippen LogP contribution in [0.5, 0.6) is 0 Å². The molecular formula is C16H13ClO2. The molecule has 1 unspecified atom stereocenters. The summed E-state index contributed by atoms with van der Waals surface area (Å²) in [6, 6.07) is 15.2. The molecule has 0 saturated heterocycles. The van der Waals surface area contributed by atoms with Crippen molar-refractivity contribution in [2.45, 2.75) is 12.5 Å². The lowest BCUT2D eigenvalue weighted by Gasteiger charge is -2.09. The lowest BCUT2D eigenvalue weighted by Crippen LogP contribution is -2.00. The van der Waals surface area contributed by atoms with E-state index in [0.717, 1.165) is 22.1 Å². The first-order valence-electron chi connectivity index (χ1n) is 6.12. The van der Waals surface area contributed by atoms with Crippen LogP contribution in [0.25, 0.3) is 11.0 Å². The Labute approximate surface area is 116 Å². The van der Waals surface area contributed by atoms with Gasteiger partial charge < -0.3 is 9.52 Å². The molecule has 1 heterocycles. The van der Waals surface area contributed by atoms with Crippen molar-refractivity contribution in [1.29, 1.82) is 0 Å². The van der Waals surface area contributed by atoms with Gasteiger partial charge in [0.1, 0.15) is 5.58 Å². The van der Waals surface area contributed by atoms with E-state index in [0.29, 0.717) is 11.4 Å². The molecular weight excluding hydrogens is 260 g/mol. The highest BCUT2D eigenvalue weighted by Gasteiger charge is 2.14. The van der Waals surface area contributed by atoms with E-state index in [9.17, 15) is 5.11 Å². The van der Waals surface area contributed by atoms with Crippen LogP contribution in [0.15, 0.2) is 59.2 Å². The van der Waals surface area contributed by atoms with E-state index >= 15 is 0 Å². The van der Waals surface area contributed by atoms with Crippen molar-refractivity contribution in [3.8, 4) is 0 Å². The molecule has 0 aliphatic carbocycles. The fraction of sp³-hybridized carbons (Fsp3) is 0.125. The Morgan fingerprint density at radius 2 is 1.79 bits per heavy atom. The second-order valence-corrected chi connectivity index (χ2v) is 4.97. The van der Waals surface area contributed by atoms with Gasteiger partial charge in [0, 0.05) is 22.4 Å². The Hall–Kier alpha value is -1.77. The predicted molar refractivity (Wildman–Crippen MR) is 76.3 cm³/mol. The molecule has 0 amide bonds. The summed E-state index contributed by atoms with van der Waals surface area (Å²) in [7, 11) is 0. The first-order chi connectivity index (χ1) is 9.24. The summed E-state index contributed by atoms with van der Waals surface area (Å²) in [5, 5.41) is 12.0. The van der Waals surface area contributed by atoms with Gasteiger partial charge in [-0.15, -0.1) is 0 Å². The van der Waals surface area contributed by atoms with Crippen LogP contribution >= 0.6 is 11.6 Å². The summed E-state index contributed by atoms with van der Waals surface area (Å²) in [4.78, 5) is 0. The lowest BCUT2D eigenvalue weighted by molar-refractivity contribution is 0.179. The number of rotatable bonds is 3. The van der Waals surface area contributed by atoms with Gasteiger partial charge in [-0.1, -0.05) is 41.9 Å². The fourth-order valence-electron chi connectivity index (χ4n) is 2.21. The normalized spacial score (nSPS) is 12.7. The van der Waals surface area contributed by atoms with Crippen molar-refractivity contribution in [1.82, 2.24) is 0 Å². The van der Waals surface area contributed by atoms with Crippen LogP contribution in [0.4, 0.5) is 0 Å². The first-order valence-corrected chi connectivity index (χ1v) is 6.50. The van der Waals surface area contributed by atoms with E-state index in [1.807, 2.05) is 48.5 Å². The Morgan fingerprint density at radius 3 is 2.58 bits per heavy atom. The highest BCUT2D eigenvalue weighted by Crippen LogP contribution is 2.28. The second-order valence-electron chi connectivity index (χ2n) is 4.53. The van der Waals surface area contributed by atoms with Gasteiger partial charge >= 0.3 is 0 Å². The number of furan rings is 1. The SMILES string of the molecule is OC(Cc1ccc(Cl)cc1)c1coc2ccccc12. The molecule has 0 saturated carbocycles. The van der Waals surface area contributed by atoms with E-state index in [4.69, 9.17) is 16.0 Å². The second kappa shape index (κ2) is 5.08. The molecule has 2 aromatic carbocycles. The molecule has 0 spiro atoms. The third-order valence-corrected chi connectivity index (χ3v) is 3.46. The van der Waals surface area contributed by atoms with Crippen LogP contribution in [0, 0.1) is 0 Å². The van der Waals surface area contributed by atoms with Crippen molar-refractivity contribution < 1.29 is 9.52 Å². The van der Waals surface area contributed by atoms with Gasteiger partial charge in [-0.25, -0.2) is 0 Å². The Balaban J connectivity index is 1.87. The number of halogens is 1. The average molecular weight is 273 g/mol. The molecule has 3 aromatic rings. The van der Waals surface area contributed by atoms with E-state index in [1.165, 1.54) is 0 Å². The topological polar surface area (TPSA) is 33.4 Å². The highest BCUT2D eigenvalue weighted by atomic mass is 35.5. The number of fused-ring (bicyclic) bond motifs is 1. The zero-order valence-electron chi connectivity index (χ0n) is 10.2.